The fourth-order valence-electron chi connectivity index (χ4n) is 2.20. The summed E-state index contributed by atoms with van der Waals surface area (Å²) in [5.74, 6) is 0.138. The highest BCUT2D eigenvalue weighted by atomic mass is 16.4. The predicted molar refractivity (Wildman–Crippen MR) is 72.7 cm³/mol. The van der Waals surface area contributed by atoms with Gasteiger partial charge < -0.3 is 5.11 Å². The third kappa shape index (κ3) is 1.82. The lowest BCUT2D eigenvalue weighted by Crippen LogP contribution is -2.06. The van der Waals surface area contributed by atoms with E-state index in [1.807, 2.05) is 31.2 Å². The molecule has 0 bridgehead atoms. The minimum Gasteiger partial charge on any atom is -0.477 e. The molecule has 0 saturated carbocycles. The van der Waals surface area contributed by atoms with Gasteiger partial charge in [-0.3, -0.25) is 4.40 Å². The fourth-order valence-corrected chi connectivity index (χ4v) is 2.20. The number of fused-ring (bicyclic) bond motifs is 1. The van der Waals surface area contributed by atoms with Gasteiger partial charge in [0.1, 0.15) is 5.82 Å². The maximum atomic E-state index is 11.0. The van der Waals surface area contributed by atoms with Gasteiger partial charge in [-0.05, 0) is 19.4 Å². The largest absolute Gasteiger partial charge is 0.477 e. The van der Waals surface area contributed by atoms with Crippen LogP contribution in [-0.2, 0) is 0 Å². The van der Waals surface area contributed by atoms with E-state index in [4.69, 9.17) is 5.11 Å². The Morgan fingerprint density at radius 3 is 2.65 bits per heavy atom. The Labute approximate surface area is 114 Å². The second kappa shape index (κ2) is 4.41. The van der Waals surface area contributed by atoms with Crippen LogP contribution in [0.15, 0.2) is 30.3 Å². The third-order valence-corrected chi connectivity index (χ3v) is 3.16. The lowest BCUT2D eigenvalue weighted by atomic mass is 10.1. The first-order chi connectivity index (χ1) is 9.58. The summed E-state index contributed by atoms with van der Waals surface area (Å²) in [7, 11) is 0. The van der Waals surface area contributed by atoms with Gasteiger partial charge in [-0.25, -0.2) is 9.78 Å². The van der Waals surface area contributed by atoms with Crippen molar-refractivity contribution in [2.24, 2.45) is 0 Å². The number of nitrogens with zero attached hydrogens (tertiary/aromatic N) is 4. The van der Waals surface area contributed by atoms with Crippen molar-refractivity contribution in [3.63, 3.8) is 0 Å². The van der Waals surface area contributed by atoms with Gasteiger partial charge in [0.15, 0.2) is 17.2 Å². The van der Waals surface area contributed by atoms with Crippen LogP contribution in [0.3, 0.4) is 0 Å². The Morgan fingerprint density at radius 2 is 1.95 bits per heavy atom. The molecule has 100 valence electrons. The Morgan fingerprint density at radius 1 is 1.20 bits per heavy atom. The molecule has 6 heteroatoms. The van der Waals surface area contributed by atoms with Gasteiger partial charge in [-0.15, -0.1) is 10.2 Å². The number of hydrogen-bond acceptors (Lipinski definition) is 4. The van der Waals surface area contributed by atoms with Crippen LogP contribution in [0.1, 0.15) is 21.9 Å². The zero-order chi connectivity index (χ0) is 14.3. The summed E-state index contributed by atoms with van der Waals surface area (Å²) in [6.45, 7) is 3.73. The molecule has 0 spiro atoms. The fraction of sp³-hybridized carbons (Fsp3) is 0.143. The van der Waals surface area contributed by atoms with Crippen LogP contribution in [0.4, 0.5) is 0 Å². The van der Waals surface area contributed by atoms with Crippen LogP contribution in [0, 0.1) is 13.8 Å². The second-order valence-electron chi connectivity index (χ2n) is 4.53. The monoisotopic (exact) mass is 268 g/mol. The van der Waals surface area contributed by atoms with Crippen molar-refractivity contribution in [2.75, 3.05) is 0 Å². The molecular weight excluding hydrogens is 256 g/mol. The quantitative estimate of drug-likeness (QED) is 0.769. The second-order valence-corrected chi connectivity index (χ2v) is 4.53. The van der Waals surface area contributed by atoms with E-state index in [0.717, 1.165) is 11.1 Å². The van der Waals surface area contributed by atoms with Gasteiger partial charge in [0, 0.05) is 11.6 Å². The van der Waals surface area contributed by atoms with E-state index in [2.05, 4.69) is 15.2 Å². The van der Waals surface area contributed by atoms with E-state index in [1.165, 1.54) is 6.07 Å². The number of carboxylic acids is 1. The smallest absolute Gasteiger partial charge is 0.354 e. The molecule has 0 saturated heterocycles. The zero-order valence-electron chi connectivity index (χ0n) is 11.0. The summed E-state index contributed by atoms with van der Waals surface area (Å²) >= 11 is 0. The standard InChI is InChI=1S/C14H12N4O2/c1-8-5-3-4-6-10(8)13-17-16-12-7-11(14(19)20)15-9(2)18(12)13/h3-7H,1-2H3,(H,19,20). The average Bonchev–Trinajstić information content (AvgIpc) is 2.83. The summed E-state index contributed by atoms with van der Waals surface area (Å²) < 4.78 is 1.76. The highest BCUT2D eigenvalue weighted by molar-refractivity contribution is 5.86. The highest BCUT2D eigenvalue weighted by Crippen LogP contribution is 2.22. The van der Waals surface area contributed by atoms with Gasteiger partial charge in [-0.2, -0.15) is 0 Å². The number of carboxylic acid groups (broad SMARTS) is 1. The van der Waals surface area contributed by atoms with Crippen LogP contribution in [0.2, 0.25) is 0 Å². The lowest BCUT2D eigenvalue weighted by Gasteiger charge is -2.06. The van der Waals surface area contributed by atoms with Crippen molar-refractivity contribution in [2.45, 2.75) is 13.8 Å². The lowest BCUT2D eigenvalue weighted by molar-refractivity contribution is 0.0690. The first kappa shape index (κ1) is 12.3. The van der Waals surface area contributed by atoms with Gasteiger partial charge >= 0.3 is 5.97 Å². The van der Waals surface area contributed by atoms with E-state index in [0.29, 0.717) is 17.3 Å². The molecule has 0 aliphatic heterocycles. The minimum atomic E-state index is -1.07. The van der Waals surface area contributed by atoms with Crippen molar-refractivity contribution in [1.29, 1.82) is 0 Å². The molecule has 1 aromatic carbocycles. The molecule has 0 amide bonds. The maximum Gasteiger partial charge on any atom is 0.354 e. The molecule has 1 N–H and O–H groups in total. The molecule has 2 heterocycles. The maximum absolute atomic E-state index is 11.0. The van der Waals surface area contributed by atoms with Crippen LogP contribution in [0.5, 0.6) is 0 Å². The zero-order valence-corrected chi connectivity index (χ0v) is 11.0. The van der Waals surface area contributed by atoms with Gasteiger partial charge in [-0.1, -0.05) is 24.3 Å². The number of hydrogen-bond donors (Lipinski definition) is 1. The summed E-state index contributed by atoms with van der Waals surface area (Å²) in [5, 5.41) is 17.2. The number of carbonyl (C=O) groups is 1. The number of aromatic nitrogens is 4. The van der Waals surface area contributed by atoms with Crippen LogP contribution in [0.25, 0.3) is 17.0 Å². The molecule has 0 aliphatic rings. The summed E-state index contributed by atoms with van der Waals surface area (Å²) in [4.78, 5) is 15.1. The summed E-state index contributed by atoms with van der Waals surface area (Å²) in [6, 6.07) is 9.25. The first-order valence-electron chi connectivity index (χ1n) is 6.10. The highest BCUT2D eigenvalue weighted by Gasteiger charge is 2.15. The van der Waals surface area contributed by atoms with E-state index in [9.17, 15) is 4.79 Å². The average molecular weight is 268 g/mol. The molecule has 6 nitrogen and oxygen atoms in total. The van der Waals surface area contributed by atoms with Crippen molar-refractivity contribution in [1.82, 2.24) is 19.6 Å². The molecule has 0 fully saturated rings. The van der Waals surface area contributed by atoms with Crippen molar-refractivity contribution >= 4 is 11.6 Å². The molecule has 20 heavy (non-hydrogen) atoms. The van der Waals surface area contributed by atoms with E-state index in [1.54, 1.807) is 11.3 Å². The Bertz CT molecular complexity index is 823. The molecule has 0 atom stereocenters. The van der Waals surface area contributed by atoms with Crippen molar-refractivity contribution in [3.8, 4) is 11.4 Å². The minimum absolute atomic E-state index is 0.0290. The van der Waals surface area contributed by atoms with Gasteiger partial charge in [0.2, 0.25) is 0 Å². The molecule has 2 aromatic heterocycles. The predicted octanol–water partition coefficient (Wildman–Crippen LogP) is 2.11. The van der Waals surface area contributed by atoms with Gasteiger partial charge in [0.05, 0.1) is 0 Å². The molecule has 0 aliphatic carbocycles. The third-order valence-electron chi connectivity index (χ3n) is 3.16. The topological polar surface area (TPSA) is 80.4 Å². The van der Waals surface area contributed by atoms with Crippen molar-refractivity contribution in [3.05, 3.63) is 47.4 Å². The normalized spacial score (nSPS) is 10.9. The molecule has 3 rings (SSSR count). The van der Waals surface area contributed by atoms with Crippen LogP contribution < -0.4 is 0 Å². The molecular formula is C14H12N4O2. The Balaban J connectivity index is 2.30. The van der Waals surface area contributed by atoms with Crippen LogP contribution >= 0.6 is 0 Å². The SMILES string of the molecule is Cc1ccccc1-c1nnc2cc(C(=O)O)nc(C)n12. The molecule has 0 unspecified atom stereocenters. The molecule has 0 radical (unpaired) electrons. The van der Waals surface area contributed by atoms with E-state index in [-0.39, 0.29) is 5.69 Å². The number of aromatic carboxylic acids is 1. The molecule has 3 aromatic rings. The van der Waals surface area contributed by atoms with E-state index < -0.39 is 5.97 Å². The summed E-state index contributed by atoms with van der Waals surface area (Å²) in [6.07, 6.45) is 0. The number of rotatable bonds is 2. The summed E-state index contributed by atoms with van der Waals surface area (Å²) in [5.41, 5.74) is 2.48. The van der Waals surface area contributed by atoms with Crippen LogP contribution in [-0.4, -0.2) is 30.7 Å². The number of aryl methyl sites for hydroxylation is 2. The Kier molecular flexibility index (Phi) is 2.71. The van der Waals surface area contributed by atoms with Gasteiger partial charge in [0.25, 0.3) is 0 Å². The van der Waals surface area contributed by atoms with E-state index >= 15 is 0 Å². The Hall–Kier alpha value is -2.76. The first-order valence-corrected chi connectivity index (χ1v) is 6.10. The number of benzene rings is 1. The van der Waals surface area contributed by atoms with Crippen molar-refractivity contribution < 1.29 is 9.90 Å².